The zero-order valence-corrected chi connectivity index (χ0v) is 15.9. The first kappa shape index (κ1) is 18.2. The summed E-state index contributed by atoms with van der Waals surface area (Å²) in [6.45, 7) is 1.01. The van der Waals surface area contributed by atoms with Gasteiger partial charge in [-0.25, -0.2) is 0 Å². The molecule has 2 unspecified atom stereocenters. The van der Waals surface area contributed by atoms with Crippen molar-refractivity contribution in [3.8, 4) is 17.2 Å². The first-order valence-electron chi connectivity index (χ1n) is 8.94. The molecule has 1 aromatic carbocycles. The van der Waals surface area contributed by atoms with Crippen LogP contribution in [0.5, 0.6) is 17.2 Å². The summed E-state index contributed by atoms with van der Waals surface area (Å²) in [5.74, 6) is 2.18. The molecule has 0 N–H and O–H groups in total. The van der Waals surface area contributed by atoms with E-state index >= 15 is 0 Å². The minimum atomic E-state index is -3.63. The third kappa shape index (κ3) is 4.07. The molecule has 0 bridgehead atoms. The molecule has 1 aliphatic heterocycles. The molecule has 4 rings (SSSR count). The number of hydrogen-bond acceptors (Lipinski definition) is 6. The Kier molecular flexibility index (Phi) is 5.03. The third-order valence-corrected chi connectivity index (χ3v) is 6.56. The Morgan fingerprint density at radius 3 is 2.70 bits per heavy atom. The van der Waals surface area contributed by atoms with Gasteiger partial charge >= 0.3 is 0 Å². The minimum absolute atomic E-state index is 0.123. The molecule has 2 heterocycles. The summed E-state index contributed by atoms with van der Waals surface area (Å²) >= 11 is 0. The molecular formula is C19H22N2O5S. The van der Waals surface area contributed by atoms with Crippen molar-refractivity contribution >= 4 is 10.4 Å². The van der Waals surface area contributed by atoms with Gasteiger partial charge in [-0.05, 0) is 43.0 Å². The topological polar surface area (TPSA) is 84.0 Å². The van der Waals surface area contributed by atoms with Crippen molar-refractivity contribution in [2.24, 2.45) is 5.92 Å². The summed E-state index contributed by atoms with van der Waals surface area (Å²) in [6.07, 6.45) is 4.62. The molecule has 0 amide bonds. The zero-order chi connectivity index (χ0) is 18.9. The smallest absolute Gasteiger partial charge is 0.235 e. The Balaban J connectivity index is 1.53. The predicted octanol–water partition coefficient (Wildman–Crippen LogP) is 2.55. The number of pyridine rings is 1. The summed E-state index contributed by atoms with van der Waals surface area (Å²) < 4.78 is 44.5. The summed E-state index contributed by atoms with van der Waals surface area (Å²) in [5, 5.41) is 0. The van der Waals surface area contributed by atoms with E-state index in [1.165, 1.54) is 16.7 Å². The van der Waals surface area contributed by atoms with Crippen LogP contribution in [-0.2, 0) is 14.6 Å². The molecule has 144 valence electrons. The Hall–Kier alpha value is -2.16. The second kappa shape index (κ2) is 7.46. The molecule has 1 saturated carbocycles. The van der Waals surface area contributed by atoms with Crippen LogP contribution in [0.1, 0.15) is 12.8 Å². The van der Waals surface area contributed by atoms with E-state index in [4.69, 9.17) is 14.2 Å². The Morgan fingerprint density at radius 2 is 2.00 bits per heavy atom. The molecule has 0 spiro atoms. The van der Waals surface area contributed by atoms with E-state index in [9.17, 15) is 8.76 Å². The fraction of sp³-hybridized carbons (Fsp3) is 0.421. The van der Waals surface area contributed by atoms with Crippen molar-refractivity contribution in [2.75, 3.05) is 26.8 Å². The predicted molar refractivity (Wildman–Crippen MR) is 98.5 cm³/mol. The van der Waals surface area contributed by atoms with Crippen LogP contribution >= 0.6 is 0 Å². The van der Waals surface area contributed by atoms with Crippen LogP contribution in [0.3, 0.4) is 0 Å². The van der Waals surface area contributed by atoms with Crippen LogP contribution in [0.25, 0.3) is 0 Å². The van der Waals surface area contributed by atoms with Crippen LogP contribution in [0.2, 0.25) is 0 Å². The van der Waals surface area contributed by atoms with Crippen molar-refractivity contribution in [2.45, 2.75) is 23.8 Å². The van der Waals surface area contributed by atoms with Crippen molar-refractivity contribution in [3.05, 3.63) is 42.7 Å². The number of ether oxygens (including phenoxy) is 3. The van der Waals surface area contributed by atoms with Gasteiger partial charge in [0, 0.05) is 18.8 Å². The van der Waals surface area contributed by atoms with Gasteiger partial charge in [-0.1, -0.05) is 4.21 Å². The lowest BCUT2D eigenvalue weighted by Crippen LogP contribution is -2.43. The van der Waals surface area contributed by atoms with Crippen LogP contribution in [0, 0.1) is 5.92 Å². The molecule has 27 heavy (non-hydrogen) atoms. The molecule has 2 aliphatic rings. The van der Waals surface area contributed by atoms with Gasteiger partial charge in [0.05, 0.1) is 19.9 Å². The number of fused-ring (bicyclic) bond motifs is 1. The second-order valence-electron chi connectivity index (χ2n) is 6.81. The molecule has 2 atom stereocenters. The lowest BCUT2D eigenvalue weighted by molar-refractivity contribution is 0.110. The van der Waals surface area contributed by atoms with Crippen molar-refractivity contribution in [1.82, 2.24) is 9.29 Å². The molecule has 7 nitrogen and oxygen atoms in total. The van der Waals surface area contributed by atoms with Gasteiger partial charge in [0.25, 0.3) is 0 Å². The molecule has 0 saturated heterocycles. The van der Waals surface area contributed by atoms with E-state index in [0.717, 1.165) is 18.6 Å². The first-order valence-corrected chi connectivity index (χ1v) is 10.4. The number of benzene rings is 1. The maximum atomic E-state index is 13.0. The highest BCUT2D eigenvalue weighted by molar-refractivity contribution is 7.95. The molecule has 2 aromatic rings. The third-order valence-electron chi connectivity index (χ3n) is 4.72. The van der Waals surface area contributed by atoms with E-state index < -0.39 is 16.5 Å². The first-order chi connectivity index (χ1) is 13.1. The number of rotatable bonds is 6. The van der Waals surface area contributed by atoms with E-state index in [1.54, 1.807) is 13.2 Å². The van der Waals surface area contributed by atoms with Crippen molar-refractivity contribution in [1.29, 1.82) is 0 Å². The average molecular weight is 390 g/mol. The second-order valence-corrected chi connectivity index (χ2v) is 8.72. The molecule has 1 fully saturated rings. The maximum absolute atomic E-state index is 13.0. The van der Waals surface area contributed by atoms with Crippen LogP contribution in [-0.4, -0.2) is 46.8 Å². The number of hydrogen-bond donors (Lipinski definition) is 0. The van der Waals surface area contributed by atoms with E-state index in [1.807, 2.05) is 24.3 Å². The number of sulfonamides is 1. The summed E-state index contributed by atoms with van der Waals surface area (Å²) in [6, 6.07) is 8.84. The van der Waals surface area contributed by atoms with Gasteiger partial charge in [0.15, 0.2) is 16.1 Å². The number of aromatic nitrogens is 1. The van der Waals surface area contributed by atoms with E-state index in [2.05, 4.69) is 4.98 Å². The highest BCUT2D eigenvalue weighted by Crippen LogP contribution is 2.37. The van der Waals surface area contributed by atoms with Gasteiger partial charge < -0.3 is 18.8 Å². The molecular weight excluding hydrogens is 368 g/mol. The van der Waals surface area contributed by atoms with Crippen LogP contribution in [0.4, 0.5) is 0 Å². The lowest BCUT2D eigenvalue weighted by Gasteiger charge is -2.26. The normalized spacial score (nSPS) is 25.2. The molecule has 1 aromatic heterocycles. The Labute approximate surface area is 159 Å². The zero-order valence-electron chi connectivity index (χ0n) is 15.1. The molecule has 1 aliphatic carbocycles. The maximum Gasteiger partial charge on any atom is 0.235 e. The quantitative estimate of drug-likeness (QED) is 0.705. The van der Waals surface area contributed by atoms with E-state index in [0.29, 0.717) is 24.0 Å². The average Bonchev–Trinajstić information content (AvgIpc) is 3.50. The number of methoxy groups -OCH3 is 1. The Morgan fingerprint density at radius 1 is 1.26 bits per heavy atom. The lowest BCUT2D eigenvalue weighted by atomic mass is 10.3. The standard InChI is InChI=1S/C19H22N2O5S/c1-24-15-4-6-16(7-5-15)25-13-17-12-21(11-14-2-3-14)27(22,23)19-10-20-9-8-18(19)26-17/h4-10,14,17H,2-3,11-13H2,1H3. The number of nitrogens with zero attached hydrogens (tertiary/aromatic N) is 2. The van der Waals surface area contributed by atoms with Gasteiger partial charge in [-0.2, -0.15) is 0 Å². The van der Waals surface area contributed by atoms with Gasteiger partial charge in [-0.15, -0.1) is 4.31 Å². The molecule has 0 radical (unpaired) electrons. The van der Waals surface area contributed by atoms with Crippen molar-refractivity contribution < 1.29 is 23.0 Å². The molecule has 8 heteroatoms. The Bertz CT molecular complexity index is 840. The van der Waals surface area contributed by atoms with Gasteiger partial charge in [-0.3, -0.25) is 4.98 Å². The van der Waals surface area contributed by atoms with Crippen LogP contribution in [0.15, 0.2) is 47.6 Å². The fourth-order valence-electron chi connectivity index (χ4n) is 3.05. The van der Waals surface area contributed by atoms with Gasteiger partial charge in [0.1, 0.15) is 24.2 Å². The van der Waals surface area contributed by atoms with Crippen molar-refractivity contribution in [3.63, 3.8) is 0 Å². The minimum Gasteiger partial charge on any atom is -0.593 e. The fourth-order valence-corrected chi connectivity index (χ4v) is 4.66. The van der Waals surface area contributed by atoms with Crippen LogP contribution < -0.4 is 14.2 Å². The highest BCUT2D eigenvalue weighted by atomic mass is 32.3. The summed E-state index contributed by atoms with van der Waals surface area (Å²) in [5.41, 5.74) is 0. The monoisotopic (exact) mass is 390 g/mol. The summed E-state index contributed by atoms with van der Waals surface area (Å²) in [4.78, 5) is 4.09. The largest absolute Gasteiger partial charge is 0.593 e. The van der Waals surface area contributed by atoms with E-state index in [-0.39, 0.29) is 18.0 Å². The van der Waals surface area contributed by atoms with Gasteiger partial charge in [0.2, 0.25) is 4.90 Å². The SMILES string of the molecule is COc1ccc(OCC2CN(CC3CC3)[S+](=O)([O-])c3cnccc3O2)cc1. The summed E-state index contributed by atoms with van der Waals surface area (Å²) in [7, 11) is -2.02. The highest BCUT2D eigenvalue weighted by Gasteiger charge is 2.42.